The highest BCUT2D eigenvalue weighted by molar-refractivity contribution is 5.82. The molecular formula is C24H25NO6. The van der Waals surface area contributed by atoms with E-state index in [9.17, 15) is 9.59 Å². The van der Waals surface area contributed by atoms with Gasteiger partial charge in [0.15, 0.2) is 6.61 Å². The quantitative estimate of drug-likeness (QED) is 0.560. The molecule has 2 heterocycles. The monoisotopic (exact) mass is 423 g/mol. The summed E-state index contributed by atoms with van der Waals surface area (Å²) in [5.74, 6) is 1.81. The van der Waals surface area contributed by atoms with Crippen molar-refractivity contribution in [2.24, 2.45) is 0 Å². The maximum absolute atomic E-state index is 13.0. The van der Waals surface area contributed by atoms with Gasteiger partial charge in [-0.15, -0.1) is 0 Å². The van der Waals surface area contributed by atoms with Crippen LogP contribution in [0.15, 0.2) is 51.7 Å². The Morgan fingerprint density at radius 1 is 1.10 bits per heavy atom. The van der Waals surface area contributed by atoms with E-state index < -0.39 is 5.63 Å². The third-order valence-electron chi connectivity index (χ3n) is 5.65. The van der Waals surface area contributed by atoms with E-state index in [1.54, 1.807) is 26.4 Å². The molecule has 0 radical (unpaired) electrons. The Morgan fingerprint density at radius 3 is 2.68 bits per heavy atom. The first-order valence-electron chi connectivity index (χ1n) is 10.2. The molecule has 162 valence electrons. The molecule has 0 aliphatic carbocycles. The number of carbonyl (C=O) groups is 1. The normalized spacial score (nSPS) is 15.8. The number of nitrogens with zero attached hydrogens (tertiary/aromatic N) is 1. The summed E-state index contributed by atoms with van der Waals surface area (Å²) in [6.07, 6.45) is 1.74. The van der Waals surface area contributed by atoms with Crippen molar-refractivity contribution in [2.45, 2.75) is 25.8 Å². The molecule has 3 aromatic rings. The lowest BCUT2D eigenvalue weighted by atomic mass is 10.0. The summed E-state index contributed by atoms with van der Waals surface area (Å²) >= 11 is 0. The smallest absolute Gasteiger partial charge is 0.336 e. The summed E-state index contributed by atoms with van der Waals surface area (Å²) in [7, 11) is 3.24. The minimum atomic E-state index is -0.412. The molecule has 1 aromatic heterocycles. The lowest BCUT2D eigenvalue weighted by Gasteiger charge is -2.26. The van der Waals surface area contributed by atoms with Crippen LogP contribution in [0.4, 0.5) is 0 Å². The molecule has 0 saturated carbocycles. The van der Waals surface area contributed by atoms with E-state index >= 15 is 0 Å². The predicted octanol–water partition coefficient (Wildman–Crippen LogP) is 3.86. The van der Waals surface area contributed by atoms with E-state index in [-0.39, 0.29) is 18.6 Å². The number of benzene rings is 2. The SMILES string of the molecule is COc1ccc(OC)c(C2CCCN2C(=O)COc2ccc3c(C)cc(=O)oc3c2)c1. The maximum Gasteiger partial charge on any atom is 0.336 e. The van der Waals surface area contributed by atoms with Crippen LogP contribution in [0.25, 0.3) is 11.0 Å². The molecule has 7 nitrogen and oxygen atoms in total. The van der Waals surface area contributed by atoms with Crippen LogP contribution in [-0.2, 0) is 4.79 Å². The number of amides is 1. The van der Waals surface area contributed by atoms with Gasteiger partial charge in [-0.25, -0.2) is 4.79 Å². The lowest BCUT2D eigenvalue weighted by molar-refractivity contribution is -0.134. The molecule has 1 saturated heterocycles. The fourth-order valence-electron chi connectivity index (χ4n) is 4.11. The highest BCUT2D eigenvalue weighted by atomic mass is 16.5. The Labute approximate surface area is 180 Å². The number of fused-ring (bicyclic) bond motifs is 1. The second kappa shape index (κ2) is 8.71. The van der Waals surface area contributed by atoms with Crippen molar-refractivity contribution in [3.05, 3.63) is 64.0 Å². The van der Waals surface area contributed by atoms with Crippen LogP contribution in [0, 0.1) is 6.92 Å². The van der Waals surface area contributed by atoms with Crippen molar-refractivity contribution in [3.63, 3.8) is 0 Å². The lowest BCUT2D eigenvalue weighted by Crippen LogP contribution is -2.34. The zero-order valence-corrected chi connectivity index (χ0v) is 17.8. The average Bonchev–Trinajstić information content (AvgIpc) is 3.26. The molecule has 2 aromatic carbocycles. The fraction of sp³-hybridized carbons (Fsp3) is 0.333. The Kier molecular flexibility index (Phi) is 5.84. The summed E-state index contributed by atoms with van der Waals surface area (Å²) in [4.78, 5) is 26.4. The van der Waals surface area contributed by atoms with Crippen LogP contribution in [0.1, 0.15) is 30.0 Å². The van der Waals surface area contributed by atoms with Gasteiger partial charge in [0.25, 0.3) is 5.91 Å². The van der Waals surface area contributed by atoms with Crippen LogP contribution in [0.3, 0.4) is 0 Å². The molecule has 1 unspecified atom stereocenters. The molecular weight excluding hydrogens is 398 g/mol. The number of ether oxygens (including phenoxy) is 3. The van der Waals surface area contributed by atoms with E-state index in [4.69, 9.17) is 18.6 Å². The van der Waals surface area contributed by atoms with Gasteiger partial charge < -0.3 is 23.5 Å². The van der Waals surface area contributed by atoms with Gasteiger partial charge in [-0.3, -0.25) is 4.79 Å². The summed E-state index contributed by atoms with van der Waals surface area (Å²) in [5, 5.41) is 0.836. The second-order valence-electron chi connectivity index (χ2n) is 7.55. The van der Waals surface area contributed by atoms with Crippen molar-refractivity contribution in [1.29, 1.82) is 0 Å². The van der Waals surface area contributed by atoms with Crippen molar-refractivity contribution in [2.75, 3.05) is 27.4 Å². The number of aryl methyl sites for hydroxylation is 1. The van der Waals surface area contributed by atoms with Gasteiger partial charge in [-0.05, 0) is 55.7 Å². The van der Waals surface area contributed by atoms with E-state index in [0.717, 1.165) is 40.9 Å². The van der Waals surface area contributed by atoms with E-state index in [2.05, 4.69) is 0 Å². The summed E-state index contributed by atoms with van der Waals surface area (Å²) in [6, 6.07) is 12.2. The molecule has 31 heavy (non-hydrogen) atoms. The Bertz CT molecular complexity index is 1170. The van der Waals surface area contributed by atoms with Crippen LogP contribution in [-0.4, -0.2) is 38.2 Å². The van der Waals surface area contributed by atoms with Gasteiger partial charge in [0.1, 0.15) is 22.8 Å². The van der Waals surface area contributed by atoms with Crippen LogP contribution in [0.2, 0.25) is 0 Å². The molecule has 1 aliphatic rings. The van der Waals surface area contributed by atoms with E-state index in [1.165, 1.54) is 6.07 Å². The van der Waals surface area contributed by atoms with Gasteiger partial charge in [-0.2, -0.15) is 0 Å². The number of rotatable bonds is 6. The van der Waals surface area contributed by atoms with E-state index in [1.807, 2.05) is 36.1 Å². The van der Waals surface area contributed by atoms with Crippen molar-refractivity contribution in [3.8, 4) is 17.2 Å². The summed E-state index contributed by atoms with van der Waals surface area (Å²) < 4.78 is 21.9. The molecule has 0 bridgehead atoms. The highest BCUT2D eigenvalue weighted by Gasteiger charge is 2.32. The zero-order chi connectivity index (χ0) is 22.0. The van der Waals surface area contributed by atoms with Crippen molar-refractivity contribution >= 4 is 16.9 Å². The molecule has 1 amide bonds. The molecule has 4 rings (SSSR count). The van der Waals surface area contributed by atoms with Crippen molar-refractivity contribution < 1.29 is 23.4 Å². The van der Waals surface area contributed by atoms with Gasteiger partial charge in [0.05, 0.1) is 20.3 Å². The van der Waals surface area contributed by atoms with Gasteiger partial charge in [0, 0.05) is 29.6 Å². The Morgan fingerprint density at radius 2 is 1.90 bits per heavy atom. The number of carbonyl (C=O) groups excluding carboxylic acids is 1. The predicted molar refractivity (Wildman–Crippen MR) is 116 cm³/mol. The number of hydrogen-bond acceptors (Lipinski definition) is 6. The molecule has 1 fully saturated rings. The van der Waals surface area contributed by atoms with Gasteiger partial charge in [-0.1, -0.05) is 0 Å². The first-order valence-corrected chi connectivity index (χ1v) is 10.2. The topological polar surface area (TPSA) is 78.2 Å². The van der Waals surface area contributed by atoms with Crippen LogP contribution >= 0.6 is 0 Å². The second-order valence-corrected chi connectivity index (χ2v) is 7.55. The molecule has 0 N–H and O–H groups in total. The summed E-state index contributed by atoms with van der Waals surface area (Å²) in [6.45, 7) is 2.40. The third kappa shape index (κ3) is 4.21. The maximum atomic E-state index is 13.0. The Hall–Kier alpha value is -3.48. The number of hydrogen-bond donors (Lipinski definition) is 0. The fourth-order valence-corrected chi connectivity index (χ4v) is 4.11. The van der Waals surface area contributed by atoms with Crippen molar-refractivity contribution in [1.82, 2.24) is 4.90 Å². The van der Waals surface area contributed by atoms with Gasteiger partial charge in [0.2, 0.25) is 0 Å². The molecule has 0 spiro atoms. The number of likely N-dealkylation sites (tertiary alicyclic amines) is 1. The molecule has 7 heteroatoms. The first kappa shape index (κ1) is 20.8. The minimum absolute atomic E-state index is 0.0987. The first-order chi connectivity index (χ1) is 15.0. The summed E-state index contributed by atoms with van der Waals surface area (Å²) in [5.41, 5.74) is 1.79. The van der Waals surface area contributed by atoms with Crippen LogP contribution < -0.4 is 19.8 Å². The molecule has 1 aliphatic heterocycles. The third-order valence-corrected chi connectivity index (χ3v) is 5.65. The van der Waals surface area contributed by atoms with Crippen LogP contribution in [0.5, 0.6) is 17.2 Å². The zero-order valence-electron chi connectivity index (χ0n) is 17.8. The average molecular weight is 423 g/mol. The standard InChI is InChI=1S/C24H25NO6/c1-15-11-24(27)31-22-13-17(6-8-18(15)22)30-14-23(26)25-10-4-5-20(25)19-12-16(28-2)7-9-21(19)29-3/h6-9,11-13,20H,4-5,10,14H2,1-3H3. The molecule has 1 atom stereocenters. The highest BCUT2D eigenvalue weighted by Crippen LogP contribution is 2.39. The minimum Gasteiger partial charge on any atom is -0.497 e. The van der Waals surface area contributed by atoms with Gasteiger partial charge >= 0.3 is 5.63 Å². The Balaban J connectivity index is 1.51. The van der Waals surface area contributed by atoms with E-state index in [0.29, 0.717) is 17.9 Å². The number of methoxy groups -OCH3 is 2. The largest absolute Gasteiger partial charge is 0.497 e.